The molecule has 0 fully saturated rings. The number of rotatable bonds is 6. The monoisotopic (exact) mass is 374 g/mol. The van der Waals surface area contributed by atoms with E-state index in [1.54, 1.807) is 12.1 Å². The topological polar surface area (TPSA) is 69.6 Å². The van der Waals surface area contributed by atoms with Crippen LogP contribution in [0, 0.1) is 6.92 Å². The smallest absolute Gasteiger partial charge is 0.244 e. The second-order valence-corrected chi connectivity index (χ2v) is 7.81. The van der Waals surface area contributed by atoms with Gasteiger partial charge in [-0.2, -0.15) is 0 Å². The van der Waals surface area contributed by atoms with Crippen LogP contribution in [-0.2, 0) is 23.6 Å². The summed E-state index contributed by atoms with van der Waals surface area (Å²) in [4.78, 5) is 0.0518. The van der Waals surface area contributed by atoms with E-state index < -0.39 is 10.0 Å². The lowest BCUT2D eigenvalue weighted by atomic mass is 10.1. The number of hydrogen-bond donors (Lipinski definition) is 1. The van der Waals surface area contributed by atoms with Crippen LogP contribution in [0.1, 0.15) is 11.3 Å². The summed E-state index contributed by atoms with van der Waals surface area (Å²) in [5.74, 6) is 0.722. The Morgan fingerprint density at radius 1 is 1.04 bits per heavy atom. The van der Waals surface area contributed by atoms with Crippen molar-refractivity contribution in [2.45, 2.75) is 18.4 Å². The van der Waals surface area contributed by atoms with Gasteiger partial charge in [0, 0.05) is 36.3 Å². The average molecular weight is 374 g/mol. The highest BCUT2D eigenvalue weighted by Crippen LogP contribution is 2.28. The first-order chi connectivity index (χ1) is 12.4. The number of nitrogens with zero attached hydrogens (tertiary/aromatic N) is 1. The molecule has 138 valence electrons. The van der Waals surface area contributed by atoms with Crippen LogP contribution >= 0.6 is 0 Å². The van der Waals surface area contributed by atoms with Gasteiger partial charge in [0.1, 0.15) is 16.4 Å². The molecule has 0 aliphatic heterocycles. The summed E-state index contributed by atoms with van der Waals surface area (Å²) >= 11 is 0. The predicted octanol–water partition coefficient (Wildman–Crippen LogP) is 2.98. The summed E-state index contributed by atoms with van der Waals surface area (Å²) < 4.78 is 40.5. The molecule has 0 spiro atoms. The zero-order valence-electron chi connectivity index (χ0n) is 15.2. The molecule has 3 aromatic rings. The lowest BCUT2D eigenvalue weighted by Gasteiger charge is -2.12. The minimum atomic E-state index is -3.75. The van der Waals surface area contributed by atoms with Crippen LogP contribution in [0.3, 0.4) is 0 Å². The number of hydrogen-bond acceptors (Lipinski definition) is 4. The maximum absolute atomic E-state index is 12.7. The van der Waals surface area contributed by atoms with Crippen LogP contribution in [0.4, 0.5) is 0 Å². The zero-order valence-corrected chi connectivity index (χ0v) is 16.1. The predicted molar refractivity (Wildman–Crippen MR) is 101 cm³/mol. The van der Waals surface area contributed by atoms with Crippen molar-refractivity contribution in [2.75, 3.05) is 14.2 Å². The molecular weight excluding hydrogens is 352 g/mol. The van der Waals surface area contributed by atoms with Crippen LogP contribution in [0.2, 0.25) is 0 Å². The van der Waals surface area contributed by atoms with E-state index >= 15 is 0 Å². The summed E-state index contributed by atoms with van der Waals surface area (Å²) in [5.41, 5.74) is 3.15. The van der Waals surface area contributed by atoms with E-state index in [9.17, 15) is 8.42 Å². The summed E-state index contributed by atoms with van der Waals surface area (Å²) in [6, 6.07) is 12.7. The van der Waals surface area contributed by atoms with Crippen LogP contribution in [0.5, 0.6) is 11.5 Å². The third kappa shape index (κ3) is 3.40. The maximum Gasteiger partial charge on any atom is 0.244 e. The third-order valence-corrected chi connectivity index (χ3v) is 5.90. The van der Waals surface area contributed by atoms with E-state index in [1.165, 1.54) is 20.3 Å². The molecule has 0 bridgehead atoms. The van der Waals surface area contributed by atoms with Gasteiger partial charge in [-0.1, -0.05) is 6.07 Å². The van der Waals surface area contributed by atoms with Crippen molar-refractivity contribution in [1.29, 1.82) is 0 Å². The fraction of sp³-hybridized carbons (Fsp3) is 0.263. The molecule has 0 saturated heterocycles. The SMILES string of the molecule is COc1ccc(OC)c(S(=O)(=O)NCc2ccc3c(c2)cc(C)n3C)c1. The van der Waals surface area contributed by atoms with E-state index in [2.05, 4.69) is 15.4 Å². The minimum Gasteiger partial charge on any atom is -0.497 e. The molecule has 6 nitrogen and oxygen atoms in total. The molecule has 0 radical (unpaired) electrons. The first-order valence-corrected chi connectivity index (χ1v) is 9.60. The van der Waals surface area contributed by atoms with Crippen molar-refractivity contribution in [1.82, 2.24) is 9.29 Å². The highest BCUT2D eigenvalue weighted by atomic mass is 32.2. The normalized spacial score (nSPS) is 11.7. The van der Waals surface area contributed by atoms with E-state index in [-0.39, 0.29) is 17.2 Å². The average Bonchev–Trinajstić information content (AvgIpc) is 2.93. The first kappa shape index (κ1) is 18.3. The second-order valence-electron chi connectivity index (χ2n) is 6.08. The van der Waals surface area contributed by atoms with Gasteiger partial charge in [-0.3, -0.25) is 0 Å². The summed E-state index contributed by atoms with van der Waals surface area (Å²) in [7, 11) is 1.18. The zero-order chi connectivity index (χ0) is 18.9. The molecule has 1 heterocycles. The number of fused-ring (bicyclic) bond motifs is 1. The fourth-order valence-electron chi connectivity index (χ4n) is 2.90. The van der Waals surface area contributed by atoms with Gasteiger partial charge >= 0.3 is 0 Å². The molecule has 1 aromatic heterocycles. The standard InChI is InChI=1S/C19H22N2O4S/c1-13-9-15-10-14(5-7-17(15)21(13)2)12-20-26(22,23)19-11-16(24-3)6-8-18(19)25-4/h5-11,20H,12H2,1-4H3. The van der Waals surface area contributed by atoms with Crippen molar-refractivity contribution in [3.05, 3.63) is 53.7 Å². The van der Waals surface area contributed by atoms with Crippen molar-refractivity contribution in [3.63, 3.8) is 0 Å². The van der Waals surface area contributed by atoms with Crippen molar-refractivity contribution >= 4 is 20.9 Å². The molecule has 2 aromatic carbocycles. The lowest BCUT2D eigenvalue weighted by molar-refractivity contribution is 0.392. The molecule has 3 rings (SSSR count). The Morgan fingerprint density at radius 2 is 1.81 bits per heavy atom. The molecule has 0 saturated carbocycles. The van der Waals surface area contributed by atoms with Crippen LogP contribution in [-0.4, -0.2) is 27.2 Å². The Morgan fingerprint density at radius 3 is 2.50 bits per heavy atom. The fourth-order valence-corrected chi connectivity index (χ4v) is 4.10. The summed E-state index contributed by atoms with van der Waals surface area (Å²) in [6.45, 7) is 2.23. The van der Waals surface area contributed by atoms with Gasteiger partial charge in [-0.05, 0) is 42.8 Å². The molecule has 0 unspecified atom stereocenters. The molecule has 26 heavy (non-hydrogen) atoms. The number of nitrogens with one attached hydrogen (secondary N) is 1. The minimum absolute atomic E-state index is 0.0518. The van der Waals surface area contributed by atoms with Crippen molar-refractivity contribution in [2.24, 2.45) is 7.05 Å². The lowest BCUT2D eigenvalue weighted by Crippen LogP contribution is -2.23. The second kappa shape index (κ2) is 7.01. The van der Waals surface area contributed by atoms with E-state index in [4.69, 9.17) is 9.47 Å². The molecular formula is C19H22N2O4S. The van der Waals surface area contributed by atoms with Gasteiger partial charge in [0.2, 0.25) is 10.0 Å². The molecule has 7 heteroatoms. The van der Waals surface area contributed by atoms with E-state index in [1.807, 2.05) is 32.2 Å². The quantitative estimate of drug-likeness (QED) is 0.720. The number of aromatic nitrogens is 1. The molecule has 0 amide bonds. The van der Waals surface area contributed by atoms with Crippen LogP contribution in [0.15, 0.2) is 47.4 Å². The van der Waals surface area contributed by atoms with Gasteiger partial charge in [0.25, 0.3) is 0 Å². The summed E-state index contributed by atoms with van der Waals surface area (Å²) in [5, 5.41) is 1.08. The molecule has 0 atom stereocenters. The van der Waals surface area contributed by atoms with Gasteiger partial charge < -0.3 is 14.0 Å². The van der Waals surface area contributed by atoms with Gasteiger partial charge in [0.15, 0.2) is 0 Å². The largest absolute Gasteiger partial charge is 0.497 e. The first-order valence-electron chi connectivity index (χ1n) is 8.12. The Kier molecular flexibility index (Phi) is 4.93. The van der Waals surface area contributed by atoms with Crippen molar-refractivity contribution in [3.8, 4) is 11.5 Å². The van der Waals surface area contributed by atoms with Crippen LogP contribution in [0.25, 0.3) is 10.9 Å². The number of aryl methyl sites for hydroxylation is 2. The third-order valence-electron chi connectivity index (χ3n) is 4.47. The highest BCUT2D eigenvalue weighted by Gasteiger charge is 2.20. The number of sulfonamides is 1. The maximum atomic E-state index is 12.7. The van der Waals surface area contributed by atoms with Crippen LogP contribution < -0.4 is 14.2 Å². The number of ether oxygens (including phenoxy) is 2. The molecule has 1 N–H and O–H groups in total. The van der Waals surface area contributed by atoms with Gasteiger partial charge in [0.05, 0.1) is 14.2 Å². The Labute approximate surface area is 153 Å². The number of benzene rings is 2. The Hall–Kier alpha value is -2.51. The molecule has 0 aliphatic rings. The number of methoxy groups -OCH3 is 2. The van der Waals surface area contributed by atoms with E-state index in [0.29, 0.717) is 5.75 Å². The van der Waals surface area contributed by atoms with Gasteiger partial charge in [-0.15, -0.1) is 0 Å². The van der Waals surface area contributed by atoms with E-state index in [0.717, 1.165) is 22.2 Å². The molecule has 0 aliphatic carbocycles. The van der Waals surface area contributed by atoms with Crippen molar-refractivity contribution < 1.29 is 17.9 Å². The summed E-state index contributed by atoms with van der Waals surface area (Å²) in [6.07, 6.45) is 0. The highest BCUT2D eigenvalue weighted by molar-refractivity contribution is 7.89. The van der Waals surface area contributed by atoms with Gasteiger partial charge in [-0.25, -0.2) is 13.1 Å². The Balaban J connectivity index is 1.86. The Bertz CT molecular complexity index is 1050.